The minimum Gasteiger partial charge on any atom is -0.478 e. The second-order valence-electron chi connectivity index (χ2n) is 3.75. The van der Waals surface area contributed by atoms with Crippen molar-refractivity contribution in [1.29, 1.82) is 0 Å². The normalized spacial score (nSPS) is 10.3. The van der Waals surface area contributed by atoms with Gasteiger partial charge in [-0.15, -0.1) is 0 Å². The van der Waals surface area contributed by atoms with Crippen LogP contribution in [0.2, 0.25) is 0 Å². The lowest BCUT2D eigenvalue weighted by Crippen LogP contribution is -2.08. The van der Waals surface area contributed by atoms with E-state index in [1.165, 1.54) is 12.3 Å². The van der Waals surface area contributed by atoms with Gasteiger partial charge in [-0.1, -0.05) is 0 Å². The predicted octanol–water partition coefficient (Wildman–Crippen LogP) is 0.563. The van der Waals surface area contributed by atoms with Crippen molar-refractivity contribution in [2.24, 2.45) is 7.05 Å². The van der Waals surface area contributed by atoms with Gasteiger partial charge in [-0.25, -0.2) is 14.8 Å². The third kappa shape index (κ3) is 3.03. The van der Waals surface area contributed by atoms with Crippen LogP contribution in [0, 0.1) is 0 Å². The van der Waals surface area contributed by atoms with Crippen LogP contribution in [-0.4, -0.2) is 37.4 Å². The maximum Gasteiger partial charge on any atom is 0.337 e. The Morgan fingerprint density at radius 1 is 1.44 bits per heavy atom. The van der Waals surface area contributed by atoms with E-state index >= 15 is 0 Å². The first-order chi connectivity index (χ1) is 8.65. The summed E-state index contributed by atoms with van der Waals surface area (Å²) in [6, 6.07) is 3.14. The summed E-state index contributed by atoms with van der Waals surface area (Å²) in [7, 11) is 1.82. The molecule has 2 aromatic rings. The monoisotopic (exact) mass is 247 g/mol. The number of nitrogens with one attached hydrogen (secondary N) is 1. The fourth-order valence-electron chi connectivity index (χ4n) is 1.43. The zero-order valence-electron chi connectivity index (χ0n) is 9.87. The molecule has 2 rings (SSSR count). The third-order valence-corrected chi connectivity index (χ3v) is 2.31. The highest BCUT2D eigenvalue weighted by Gasteiger charge is 2.03. The molecule has 0 atom stereocenters. The Morgan fingerprint density at radius 3 is 2.83 bits per heavy atom. The molecule has 2 heterocycles. The highest BCUT2D eigenvalue weighted by Crippen LogP contribution is 2.05. The van der Waals surface area contributed by atoms with E-state index in [4.69, 9.17) is 5.11 Å². The molecule has 0 aliphatic heterocycles. The number of aryl methyl sites for hydroxylation is 1. The van der Waals surface area contributed by atoms with Crippen molar-refractivity contribution in [2.75, 3.05) is 11.9 Å². The molecule has 7 heteroatoms. The molecule has 0 bridgehead atoms. The number of nitrogens with zero attached hydrogens (tertiary/aromatic N) is 4. The molecule has 0 aliphatic carbocycles. The highest BCUT2D eigenvalue weighted by atomic mass is 16.4. The molecular weight excluding hydrogens is 234 g/mol. The Bertz CT molecular complexity index is 535. The molecule has 0 radical (unpaired) electrons. The summed E-state index contributed by atoms with van der Waals surface area (Å²) in [4.78, 5) is 18.7. The average molecular weight is 247 g/mol. The minimum absolute atomic E-state index is 0.173. The second-order valence-corrected chi connectivity index (χ2v) is 3.75. The Balaban J connectivity index is 1.85. The van der Waals surface area contributed by atoms with Gasteiger partial charge in [-0.2, -0.15) is 5.10 Å². The second kappa shape index (κ2) is 5.26. The molecular formula is C11H13N5O2. The molecule has 0 fully saturated rings. The van der Waals surface area contributed by atoms with Crippen LogP contribution >= 0.6 is 0 Å². The van der Waals surface area contributed by atoms with Gasteiger partial charge in [-0.3, -0.25) is 4.68 Å². The Labute approximate surface area is 104 Å². The first-order valence-corrected chi connectivity index (χ1v) is 5.43. The van der Waals surface area contributed by atoms with Crippen molar-refractivity contribution in [1.82, 2.24) is 19.7 Å². The number of aromatic nitrogens is 4. The van der Waals surface area contributed by atoms with Gasteiger partial charge in [0.2, 0.25) is 0 Å². The Kier molecular flexibility index (Phi) is 3.52. The Hall–Kier alpha value is -2.44. The number of carboxylic acids is 1. The van der Waals surface area contributed by atoms with Crippen molar-refractivity contribution in [3.05, 3.63) is 36.0 Å². The fourth-order valence-corrected chi connectivity index (χ4v) is 1.43. The summed E-state index contributed by atoms with van der Waals surface area (Å²) in [6.07, 6.45) is 3.65. The number of anilines is 1. The largest absolute Gasteiger partial charge is 0.478 e. The molecule has 0 unspecified atom stereocenters. The molecule has 0 amide bonds. The molecule has 2 aromatic heterocycles. The van der Waals surface area contributed by atoms with Crippen LogP contribution < -0.4 is 5.32 Å². The average Bonchev–Trinajstić information content (AvgIpc) is 2.76. The number of rotatable bonds is 5. The van der Waals surface area contributed by atoms with Crippen molar-refractivity contribution >= 4 is 11.8 Å². The lowest BCUT2D eigenvalue weighted by Gasteiger charge is -2.03. The van der Waals surface area contributed by atoms with Crippen LogP contribution in [0.25, 0.3) is 0 Å². The Morgan fingerprint density at radius 2 is 2.28 bits per heavy atom. The van der Waals surface area contributed by atoms with Crippen LogP contribution in [0.1, 0.15) is 16.2 Å². The van der Waals surface area contributed by atoms with Crippen molar-refractivity contribution in [2.45, 2.75) is 6.42 Å². The minimum atomic E-state index is -0.980. The van der Waals surface area contributed by atoms with Gasteiger partial charge in [0, 0.05) is 26.2 Å². The van der Waals surface area contributed by atoms with Crippen LogP contribution in [0.3, 0.4) is 0 Å². The number of hydrogen-bond donors (Lipinski definition) is 2. The molecule has 0 saturated heterocycles. The highest BCUT2D eigenvalue weighted by molar-refractivity contribution is 5.87. The number of aromatic carboxylic acids is 1. The molecule has 0 aromatic carbocycles. The fraction of sp³-hybridized carbons (Fsp3) is 0.273. The lowest BCUT2D eigenvalue weighted by atomic mass is 10.3. The van der Waals surface area contributed by atoms with E-state index < -0.39 is 5.97 Å². The van der Waals surface area contributed by atoms with Gasteiger partial charge in [0.25, 0.3) is 0 Å². The first-order valence-electron chi connectivity index (χ1n) is 5.43. The smallest absolute Gasteiger partial charge is 0.337 e. The van der Waals surface area contributed by atoms with Gasteiger partial charge in [0.15, 0.2) is 5.82 Å². The third-order valence-electron chi connectivity index (χ3n) is 2.31. The van der Waals surface area contributed by atoms with Crippen LogP contribution in [-0.2, 0) is 13.5 Å². The van der Waals surface area contributed by atoms with E-state index in [2.05, 4.69) is 20.4 Å². The predicted molar refractivity (Wildman–Crippen MR) is 64.4 cm³/mol. The number of hydrogen-bond acceptors (Lipinski definition) is 5. The van der Waals surface area contributed by atoms with Gasteiger partial charge in [0.1, 0.15) is 12.1 Å². The summed E-state index contributed by atoms with van der Waals surface area (Å²) >= 11 is 0. The van der Waals surface area contributed by atoms with E-state index in [1.54, 1.807) is 17.1 Å². The number of carbonyl (C=O) groups is 1. The van der Waals surface area contributed by atoms with E-state index in [0.717, 1.165) is 5.82 Å². The van der Waals surface area contributed by atoms with Crippen molar-refractivity contribution in [3.8, 4) is 0 Å². The maximum atomic E-state index is 10.6. The molecule has 7 nitrogen and oxygen atoms in total. The molecule has 0 spiro atoms. The van der Waals surface area contributed by atoms with Gasteiger partial charge in [0.05, 0.1) is 5.56 Å². The SMILES string of the molecule is Cn1cnc(CCNc2ccc(C(=O)O)cn2)n1. The quantitative estimate of drug-likeness (QED) is 0.802. The number of pyridine rings is 1. The van der Waals surface area contributed by atoms with E-state index in [1.807, 2.05) is 7.05 Å². The summed E-state index contributed by atoms with van der Waals surface area (Å²) in [5, 5.41) is 15.9. The van der Waals surface area contributed by atoms with Crippen molar-refractivity contribution < 1.29 is 9.90 Å². The van der Waals surface area contributed by atoms with Crippen LogP contribution in [0.5, 0.6) is 0 Å². The molecule has 94 valence electrons. The van der Waals surface area contributed by atoms with Crippen molar-refractivity contribution in [3.63, 3.8) is 0 Å². The van der Waals surface area contributed by atoms with E-state index in [-0.39, 0.29) is 5.56 Å². The van der Waals surface area contributed by atoms with Gasteiger partial charge < -0.3 is 10.4 Å². The molecule has 0 saturated carbocycles. The summed E-state index contributed by atoms with van der Waals surface area (Å²) in [6.45, 7) is 0.642. The molecule has 2 N–H and O–H groups in total. The molecule has 0 aliphatic rings. The maximum absolute atomic E-state index is 10.6. The van der Waals surface area contributed by atoms with Crippen LogP contribution in [0.15, 0.2) is 24.7 Å². The first kappa shape index (κ1) is 12.0. The van der Waals surface area contributed by atoms with Gasteiger partial charge in [-0.05, 0) is 12.1 Å². The summed E-state index contributed by atoms with van der Waals surface area (Å²) in [5.41, 5.74) is 0.173. The number of carboxylic acid groups (broad SMARTS) is 1. The van der Waals surface area contributed by atoms with E-state index in [9.17, 15) is 4.79 Å². The van der Waals surface area contributed by atoms with Crippen LogP contribution in [0.4, 0.5) is 5.82 Å². The zero-order valence-corrected chi connectivity index (χ0v) is 9.87. The summed E-state index contributed by atoms with van der Waals surface area (Å²) in [5.74, 6) is 0.412. The zero-order chi connectivity index (χ0) is 13.0. The lowest BCUT2D eigenvalue weighted by molar-refractivity contribution is 0.0696. The summed E-state index contributed by atoms with van der Waals surface area (Å²) < 4.78 is 1.65. The molecule has 18 heavy (non-hydrogen) atoms. The standard InChI is InChI=1S/C11H13N5O2/c1-16-7-14-10(15-16)4-5-12-9-3-2-8(6-13-9)11(17)18/h2-3,6-7H,4-5H2,1H3,(H,12,13)(H,17,18). The van der Waals surface area contributed by atoms with E-state index in [0.29, 0.717) is 18.8 Å². The van der Waals surface area contributed by atoms with Gasteiger partial charge >= 0.3 is 5.97 Å². The topological polar surface area (TPSA) is 92.9 Å².